The van der Waals surface area contributed by atoms with E-state index in [4.69, 9.17) is 4.74 Å². The molecule has 0 saturated carbocycles. The number of rotatable bonds is 10. The van der Waals surface area contributed by atoms with Crippen LogP contribution in [0, 0.1) is 0 Å². The Kier molecular flexibility index (Phi) is 7.68. The molecule has 1 rings (SSSR count). The number of unbranched alkanes of at least 4 members (excludes halogenated alkanes) is 1. The summed E-state index contributed by atoms with van der Waals surface area (Å²) >= 11 is 0. The molecule has 0 atom stereocenters. The first-order valence-corrected chi connectivity index (χ1v) is 7.48. The Balaban J connectivity index is 2.49. The maximum Gasteiger partial charge on any atom is 0.356 e. The molecule has 0 aliphatic rings. The van der Waals surface area contributed by atoms with Crippen LogP contribution in [0.15, 0.2) is 6.20 Å². The number of hydrogen-bond acceptors (Lipinski definition) is 5. The monoisotopic (exact) mass is 295 g/mol. The lowest BCUT2D eigenvalue weighted by Crippen LogP contribution is -2.14. The molecule has 0 unspecified atom stereocenters. The highest BCUT2D eigenvalue weighted by molar-refractivity contribution is 5.91. The van der Waals surface area contributed by atoms with Gasteiger partial charge in [-0.15, -0.1) is 0 Å². The van der Waals surface area contributed by atoms with E-state index in [2.05, 4.69) is 22.2 Å². The van der Waals surface area contributed by atoms with Crippen molar-refractivity contribution in [2.75, 3.05) is 25.1 Å². The van der Waals surface area contributed by atoms with Crippen molar-refractivity contribution in [3.8, 4) is 0 Å². The van der Waals surface area contributed by atoms with Crippen molar-refractivity contribution in [1.29, 1.82) is 0 Å². The Morgan fingerprint density at radius 1 is 1.38 bits per heavy atom. The van der Waals surface area contributed by atoms with Gasteiger partial charge in [-0.05, 0) is 12.8 Å². The quantitative estimate of drug-likeness (QED) is 0.646. The number of carboxylic acid groups (broad SMARTS) is 1. The molecule has 0 amide bonds. The zero-order chi connectivity index (χ0) is 15.7. The largest absolute Gasteiger partial charge is 0.476 e. The molecule has 0 aliphatic heterocycles. The van der Waals surface area contributed by atoms with E-state index in [-0.39, 0.29) is 11.6 Å². The van der Waals surface area contributed by atoms with Gasteiger partial charge in [0.25, 0.3) is 0 Å². The lowest BCUT2D eigenvalue weighted by atomic mass is 10.2. The number of hydrogen-bond donors (Lipinski definition) is 2. The first-order chi connectivity index (χ1) is 10.1. The minimum atomic E-state index is -1.04. The van der Waals surface area contributed by atoms with E-state index in [1.165, 1.54) is 0 Å². The van der Waals surface area contributed by atoms with Crippen molar-refractivity contribution in [3.05, 3.63) is 17.7 Å². The highest BCUT2D eigenvalue weighted by atomic mass is 16.5. The van der Waals surface area contributed by atoms with Crippen LogP contribution in [0.25, 0.3) is 0 Å². The van der Waals surface area contributed by atoms with Gasteiger partial charge in [-0.1, -0.05) is 27.2 Å². The minimum absolute atomic E-state index is 0.0283. The summed E-state index contributed by atoms with van der Waals surface area (Å²) in [7, 11) is 0. The van der Waals surface area contributed by atoms with Crippen molar-refractivity contribution in [3.63, 3.8) is 0 Å². The maximum absolute atomic E-state index is 11.2. The molecule has 0 bridgehead atoms. The standard InChI is InChI=1S/C15H25N3O3/c1-4-5-8-21-9-6-7-16-12-10-17-14(11(2)3)18-13(12)15(19)20/h10-11,16H,4-9H2,1-3H3,(H,19,20). The van der Waals surface area contributed by atoms with Gasteiger partial charge in [0.05, 0.1) is 11.9 Å². The van der Waals surface area contributed by atoms with Gasteiger partial charge in [0.2, 0.25) is 0 Å². The fourth-order valence-corrected chi connectivity index (χ4v) is 1.71. The molecule has 6 nitrogen and oxygen atoms in total. The third-order valence-electron chi connectivity index (χ3n) is 2.95. The first-order valence-electron chi connectivity index (χ1n) is 7.48. The van der Waals surface area contributed by atoms with Gasteiger partial charge < -0.3 is 15.2 Å². The second-order valence-corrected chi connectivity index (χ2v) is 5.20. The first kappa shape index (κ1) is 17.4. The molecule has 2 N–H and O–H groups in total. The van der Waals surface area contributed by atoms with Crippen LogP contribution < -0.4 is 5.32 Å². The highest BCUT2D eigenvalue weighted by Gasteiger charge is 2.15. The molecule has 1 aromatic heterocycles. The van der Waals surface area contributed by atoms with E-state index in [1.54, 1.807) is 6.20 Å². The molecule has 0 spiro atoms. The average molecular weight is 295 g/mol. The summed E-state index contributed by atoms with van der Waals surface area (Å²) in [5.74, 6) is -0.397. The predicted octanol–water partition coefficient (Wildman–Crippen LogP) is 2.92. The summed E-state index contributed by atoms with van der Waals surface area (Å²) in [6, 6.07) is 0. The van der Waals surface area contributed by atoms with Crippen molar-refractivity contribution >= 4 is 11.7 Å². The van der Waals surface area contributed by atoms with Gasteiger partial charge in [-0.2, -0.15) is 0 Å². The van der Waals surface area contributed by atoms with E-state index in [9.17, 15) is 9.90 Å². The number of nitrogens with one attached hydrogen (secondary N) is 1. The van der Waals surface area contributed by atoms with E-state index in [1.807, 2.05) is 13.8 Å². The van der Waals surface area contributed by atoms with Crippen LogP contribution in [-0.4, -0.2) is 40.8 Å². The molecular weight excluding hydrogens is 270 g/mol. The summed E-state index contributed by atoms with van der Waals surface area (Å²) in [5, 5.41) is 12.3. The molecule has 0 fully saturated rings. The predicted molar refractivity (Wildman–Crippen MR) is 81.9 cm³/mol. The number of anilines is 1. The lowest BCUT2D eigenvalue weighted by molar-refractivity contribution is 0.0691. The van der Waals surface area contributed by atoms with Crippen molar-refractivity contribution < 1.29 is 14.6 Å². The second kappa shape index (κ2) is 9.28. The summed E-state index contributed by atoms with van der Waals surface area (Å²) < 4.78 is 5.45. The molecule has 0 aromatic carbocycles. The van der Waals surface area contributed by atoms with Gasteiger partial charge >= 0.3 is 5.97 Å². The summed E-state index contributed by atoms with van der Waals surface area (Å²) in [6.45, 7) is 8.07. The van der Waals surface area contributed by atoms with Crippen LogP contribution in [0.1, 0.15) is 62.3 Å². The van der Waals surface area contributed by atoms with Crippen LogP contribution in [0.4, 0.5) is 5.69 Å². The number of carbonyl (C=O) groups is 1. The molecule has 0 aliphatic carbocycles. The molecular formula is C15H25N3O3. The lowest BCUT2D eigenvalue weighted by Gasteiger charge is -2.11. The van der Waals surface area contributed by atoms with Crippen molar-refractivity contribution in [2.45, 2.75) is 46.0 Å². The highest BCUT2D eigenvalue weighted by Crippen LogP contribution is 2.16. The fourth-order valence-electron chi connectivity index (χ4n) is 1.71. The van der Waals surface area contributed by atoms with Crippen LogP contribution >= 0.6 is 0 Å². The summed E-state index contributed by atoms with van der Waals surface area (Å²) in [5.41, 5.74) is 0.487. The fraction of sp³-hybridized carbons (Fsp3) is 0.667. The zero-order valence-electron chi connectivity index (χ0n) is 13.1. The van der Waals surface area contributed by atoms with Gasteiger partial charge in [0.15, 0.2) is 5.69 Å². The number of carboxylic acids is 1. The smallest absolute Gasteiger partial charge is 0.356 e. The van der Waals surface area contributed by atoms with E-state index in [0.717, 1.165) is 25.9 Å². The Morgan fingerprint density at radius 2 is 2.10 bits per heavy atom. The Labute approximate surface area is 126 Å². The van der Waals surface area contributed by atoms with Crippen LogP contribution in [0.5, 0.6) is 0 Å². The molecule has 1 aromatic rings. The number of aromatic carboxylic acids is 1. The van der Waals surface area contributed by atoms with Crippen LogP contribution in [-0.2, 0) is 4.74 Å². The number of ether oxygens (including phenoxy) is 1. The van der Waals surface area contributed by atoms with E-state index < -0.39 is 5.97 Å². The molecule has 0 saturated heterocycles. The third-order valence-corrected chi connectivity index (χ3v) is 2.95. The molecule has 21 heavy (non-hydrogen) atoms. The van der Waals surface area contributed by atoms with E-state index >= 15 is 0 Å². The summed E-state index contributed by atoms with van der Waals surface area (Å²) in [4.78, 5) is 19.5. The Bertz CT molecular complexity index is 450. The molecule has 0 radical (unpaired) electrons. The third kappa shape index (κ3) is 6.08. The average Bonchev–Trinajstić information content (AvgIpc) is 2.46. The Hall–Kier alpha value is -1.69. The second-order valence-electron chi connectivity index (χ2n) is 5.20. The molecule has 118 valence electrons. The van der Waals surface area contributed by atoms with Crippen LogP contribution in [0.3, 0.4) is 0 Å². The number of aromatic nitrogens is 2. The van der Waals surface area contributed by atoms with Gasteiger partial charge in [-0.25, -0.2) is 14.8 Å². The summed E-state index contributed by atoms with van der Waals surface area (Å²) in [6.07, 6.45) is 4.55. The van der Waals surface area contributed by atoms with Gasteiger partial charge in [-0.3, -0.25) is 0 Å². The van der Waals surface area contributed by atoms with E-state index in [0.29, 0.717) is 24.7 Å². The molecule has 1 heterocycles. The Morgan fingerprint density at radius 3 is 2.71 bits per heavy atom. The van der Waals surface area contributed by atoms with Gasteiger partial charge in [0, 0.05) is 25.7 Å². The maximum atomic E-state index is 11.2. The zero-order valence-corrected chi connectivity index (χ0v) is 13.1. The number of nitrogens with zero attached hydrogens (tertiary/aromatic N) is 2. The van der Waals surface area contributed by atoms with Crippen LogP contribution in [0.2, 0.25) is 0 Å². The normalized spacial score (nSPS) is 10.9. The molecule has 6 heteroatoms. The van der Waals surface area contributed by atoms with Gasteiger partial charge in [0.1, 0.15) is 5.82 Å². The topological polar surface area (TPSA) is 84.3 Å². The minimum Gasteiger partial charge on any atom is -0.476 e. The van der Waals surface area contributed by atoms with Crippen molar-refractivity contribution in [2.24, 2.45) is 0 Å². The van der Waals surface area contributed by atoms with Crippen molar-refractivity contribution in [1.82, 2.24) is 9.97 Å². The SMILES string of the molecule is CCCCOCCCNc1cnc(C(C)C)nc1C(=O)O.